The monoisotopic (exact) mass is 382 g/mol. The molecule has 6 nitrogen and oxygen atoms in total. The van der Waals surface area contributed by atoms with Gasteiger partial charge in [0.25, 0.3) is 0 Å². The van der Waals surface area contributed by atoms with Crippen LogP contribution >= 0.6 is 0 Å². The summed E-state index contributed by atoms with van der Waals surface area (Å²) in [4.78, 5) is 42.7. The maximum absolute atomic E-state index is 13.3. The Morgan fingerprint density at radius 3 is 2.29 bits per heavy atom. The molecule has 5 atom stereocenters. The van der Waals surface area contributed by atoms with Gasteiger partial charge in [0.1, 0.15) is 17.6 Å². The Labute approximate surface area is 164 Å². The lowest BCUT2D eigenvalue weighted by molar-refractivity contribution is -0.146. The van der Waals surface area contributed by atoms with E-state index in [1.54, 1.807) is 6.07 Å². The normalized spacial score (nSPS) is 32.3. The van der Waals surface area contributed by atoms with Crippen LogP contribution in [0.1, 0.15) is 49.7 Å². The van der Waals surface area contributed by atoms with Crippen molar-refractivity contribution in [1.82, 2.24) is 9.80 Å². The standard InChI is InChI=1S/C22H26N2O4/c1-13-5-8-17(28-13)16(12-18(25)23-9-3-2-4-10-23)24-21(26)19-14-6-7-15(11-14)20(19)22(24)27/h5-8,14-16,19-20H,2-4,9-12H2,1H3. The summed E-state index contributed by atoms with van der Waals surface area (Å²) in [5.74, 6) is 0.794. The number of carbonyl (C=O) groups excluding carboxylic acids is 3. The Bertz CT molecular complexity index is 820. The molecule has 3 fully saturated rings. The summed E-state index contributed by atoms with van der Waals surface area (Å²) in [6, 6.07) is 2.98. The average molecular weight is 382 g/mol. The number of imide groups is 1. The van der Waals surface area contributed by atoms with Crippen molar-refractivity contribution < 1.29 is 18.8 Å². The molecule has 0 spiro atoms. The highest BCUT2D eigenvalue weighted by Gasteiger charge is 2.61. The lowest BCUT2D eigenvalue weighted by atomic mass is 9.85. The Hall–Kier alpha value is -2.37. The molecular formula is C22H26N2O4. The second-order valence-corrected chi connectivity index (χ2v) is 8.66. The molecule has 4 aliphatic rings. The number of hydrogen-bond donors (Lipinski definition) is 0. The van der Waals surface area contributed by atoms with Gasteiger partial charge < -0.3 is 9.32 Å². The number of fused-ring (bicyclic) bond motifs is 5. The molecule has 6 heteroatoms. The maximum Gasteiger partial charge on any atom is 0.234 e. The van der Waals surface area contributed by atoms with Crippen molar-refractivity contribution in [1.29, 1.82) is 0 Å². The van der Waals surface area contributed by atoms with Crippen molar-refractivity contribution in [3.05, 3.63) is 35.8 Å². The van der Waals surface area contributed by atoms with Crippen molar-refractivity contribution in [2.24, 2.45) is 23.7 Å². The lowest BCUT2D eigenvalue weighted by Crippen LogP contribution is -2.41. The molecule has 1 aromatic rings. The number of furan rings is 1. The second kappa shape index (κ2) is 6.61. The molecule has 2 aliphatic heterocycles. The van der Waals surface area contributed by atoms with Gasteiger partial charge in [0, 0.05) is 13.1 Å². The molecular weight excluding hydrogens is 356 g/mol. The smallest absolute Gasteiger partial charge is 0.234 e. The summed E-state index contributed by atoms with van der Waals surface area (Å²) in [6.07, 6.45) is 8.35. The minimum Gasteiger partial charge on any atom is -0.464 e. The van der Waals surface area contributed by atoms with Crippen LogP contribution in [0.15, 0.2) is 28.7 Å². The van der Waals surface area contributed by atoms with Gasteiger partial charge in [-0.1, -0.05) is 12.2 Å². The molecule has 148 valence electrons. The van der Waals surface area contributed by atoms with E-state index in [9.17, 15) is 14.4 Å². The zero-order chi connectivity index (χ0) is 19.4. The fourth-order valence-electron chi connectivity index (χ4n) is 5.62. The van der Waals surface area contributed by atoms with Crippen molar-refractivity contribution in [2.45, 2.75) is 45.1 Å². The highest BCUT2D eigenvalue weighted by Crippen LogP contribution is 2.54. The number of rotatable bonds is 4. The van der Waals surface area contributed by atoms with E-state index in [4.69, 9.17) is 4.42 Å². The number of aryl methyl sites for hydroxylation is 1. The summed E-state index contributed by atoms with van der Waals surface area (Å²) in [6.45, 7) is 3.34. The molecule has 3 heterocycles. The first kappa shape index (κ1) is 17.7. The molecule has 0 N–H and O–H groups in total. The van der Waals surface area contributed by atoms with Crippen LogP contribution in [0.3, 0.4) is 0 Å². The Morgan fingerprint density at radius 2 is 1.71 bits per heavy atom. The number of likely N-dealkylation sites (tertiary alicyclic amines) is 2. The van der Waals surface area contributed by atoms with Gasteiger partial charge in [0.05, 0.1) is 18.3 Å². The Kier molecular flexibility index (Phi) is 4.18. The van der Waals surface area contributed by atoms with Crippen LogP contribution in [-0.4, -0.2) is 40.6 Å². The lowest BCUT2D eigenvalue weighted by Gasteiger charge is -2.31. The van der Waals surface area contributed by atoms with Gasteiger partial charge in [0.15, 0.2) is 0 Å². The number of carbonyl (C=O) groups is 3. The molecule has 2 aliphatic carbocycles. The first-order valence-electron chi connectivity index (χ1n) is 10.4. The molecule has 2 saturated heterocycles. The molecule has 1 aromatic heterocycles. The summed E-state index contributed by atoms with van der Waals surface area (Å²) >= 11 is 0. The quantitative estimate of drug-likeness (QED) is 0.593. The third kappa shape index (κ3) is 2.65. The van der Waals surface area contributed by atoms with Crippen LogP contribution in [0.25, 0.3) is 0 Å². The number of allylic oxidation sites excluding steroid dienone is 2. The minimum absolute atomic E-state index is 0.00231. The maximum atomic E-state index is 13.3. The third-order valence-corrected chi connectivity index (χ3v) is 6.98. The molecule has 2 bridgehead atoms. The molecule has 1 saturated carbocycles. The first-order valence-corrected chi connectivity index (χ1v) is 10.4. The molecule has 0 radical (unpaired) electrons. The molecule has 0 aromatic carbocycles. The van der Waals surface area contributed by atoms with Crippen LogP contribution in [0.2, 0.25) is 0 Å². The van der Waals surface area contributed by atoms with Crippen LogP contribution in [-0.2, 0) is 14.4 Å². The minimum atomic E-state index is -0.645. The highest BCUT2D eigenvalue weighted by molar-refractivity contribution is 6.07. The predicted molar refractivity (Wildman–Crippen MR) is 101 cm³/mol. The van der Waals surface area contributed by atoms with Gasteiger partial charge in [-0.2, -0.15) is 0 Å². The van der Waals surface area contributed by atoms with E-state index >= 15 is 0 Å². The Morgan fingerprint density at radius 1 is 1.07 bits per heavy atom. The van der Waals surface area contributed by atoms with E-state index in [-0.39, 0.29) is 47.8 Å². The number of piperidine rings is 1. The van der Waals surface area contributed by atoms with E-state index in [0.717, 1.165) is 38.8 Å². The Balaban J connectivity index is 1.44. The van der Waals surface area contributed by atoms with Gasteiger partial charge in [-0.05, 0) is 56.6 Å². The summed E-state index contributed by atoms with van der Waals surface area (Å²) < 4.78 is 5.80. The van der Waals surface area contributed by atoms with Crippen LogP contribution in [0.4, 0.5) is 0 Å². The molecule has 28 heavy (non-hydrogen) atoms. The number of amides is 3. The van der Waals surface area contributed by atoms with Crippen molar-refractivity contribution in [3.8, 4) is 0 Å². The molecule has 3 amide bonds. The van der Waals surface area contributed by atoms with Crippen molar-refractivity contribution in [2.75, 3.05) is 13.1 Å². The van der Waals surface area contributed by atoms with Crippen molar-refractivity contribution in [3.63, 3.8) is 0 Å². The predicted octanol–water partition coefficient (Wildman–Crippen LogP) is 2.84. The summed E-state index contributed by atoms with van der Waals surface area (Å²) in [5, 5.41) is 0. The SMILES string of the molecule is Cc1ccc(C(CC(=O)N2CCCCC2)N2C(=O)C3C4C=CC(C4)C3C2=O)o1. The van der Waals surface area contributed by atoms with Gasteiger partial charge in [-0.25, -0.2) is 0 Å². The number of hydrogen-bond acceptors (Lipinski definition) is 4. The van der Waals surface area contributed by atoms with E-state index < -0.39 is 6.04 Å². The zero-order valence-electron chi connectivity index (χ0n) is 16.2. The average Bonchev–Trinajstić information content (AvgIpc) is 3.46. The van der Waals surface area contributed by atoms with Crippen molar-refractivity contribution >= 4 is 17.7 Å². The van der Waals surface area contributed by atoms with E-state index in [1.807, 2.05) is 17.9 Å². The van der Waals surface area contributed by atoms with Gasteiger partial charge >= 0.3 is 0 Å². The zero-order valence-corrected chi connectivity index (χ0v) is 16.2. The third-order valence-electron chi connectivity index (χ3n) is 6.98. The fraction of sp³-hybridized carbons (Fsp3) is 0.591. The number of nitrogens with zero attached hydrogens (tertiary/aromatic N) is 2. The highest BCUT2D eigenvalue weighted by atomic mass is 16.3. The molecule has 5 rings (SSSR count). The largest absolute Gasteiger partial charge is 0.464 e. The van der Waals surface area contributed by atoms with E-state index in [1.165, 1.54) is 4.90 Å². The van der Waals surface area contributed by atoms with E-state index in [0.29, 0.717) is 11.5 Å². The van der Waals surface area contributed by atoms with E-state index in [2.05, 4.69) is 12.2 Å². The van der Waals surface area contributed by atoms with Gasteiger partial charge in [-0.3, -0.25) is 19.3 Å². The second-order valence-electron chi connectivity index (χ2n) is 8.66. The van der Waals surface area contributed by atoms with Gasteiger partial charge in [0.2, 0.25) is 17.7 Å². The topological polar surface area (TPSA) is 70.8 Å². The fourth-order valence-corrected chi connectivity index (χ4v) is 5.62. The van der Waals surface area contributed by atoms with Crippen LogP contribution < -0.4 is 0 Å². The molecule has 5 unspecified atom stereocenters. The summed E-state index contributed by atoms with van der Waals surface area (Å²) in [7, 11) is 0. The summed E-state index contributed by atoms with van der Waals surface area (Å²) in [5.41, 5.74) is 0. The van der Waals surface area contributed by atoms with Gasteiger partial charge in [-0.15, -0.1) is 0 Å². The van der Waals surface area contributed by atoms with Crippen LogP contribution in [0.5, 0.6) is 0 Å². The van der Waals surface area contributed by atoms with Crippen LogP contribution in [0, 0.1) is 30.6 Å². The first-order chi connectivity index (χ1) is 13.5.